The summed E-state index contributed by atoms with van der Waals surface area (Å²) in [6.07, 6.45) is 3.94. The van der Waals surface area contributed by atoms with Crippen LogP contribution in [0.4, 0.5) is 0 Å². The number of nitrogens with zero attached hydrogens (tertiary/aromatic N) is 1. The van der Waals surface area contributed by atoms with Crippen LogP contribution in [0.2, 0.25) is 15.2 Å². The molecule has 0 aromatic carbocycles. The lowest BCUT2D eigenvalue weighted by atomic mass is 10.3. The van der Waals surface area contributed by atoms with Gasteiger partial charge in [-0.05, 0) is 11.6 Å². The van der Waals surface area contributed by atoms with Crippen molar-refractivity contribution in [3.05, 3.63) is 61.2 Å². The summed E-state index contributed by atoms with van der Waals surface area (Å²) in [4.78, 5) is 18.1. The molecule has 2 rings (SSSR count). The minimum absolute atomic E-state index is 0.0566. The van der Waals surface area contributed by atoms with Crippen molar-refractivity contribution in [2.75, 3.05) is 0 Å². The predicted octanol–water partition coefficient (Wildman–Crippen LogP) is 2.85. The van der Waals surface area contributed by atoms with Crippen LogP contribution in [0.25, 0.3) is 0 Å². The molecule has 0 amide bonds. The Kier molecular flexibility index (Phi) is 4.93. The quantitative estimate of drug-likeness (QED) is 0.843. The highest BCUT2D eigenvalue weighted by atomic mass is 35.5. The van der Waals surface area contributed by atoms with Crippen LogP contribution in [0.1, 0.15) is 11.1 Å². The molecule has 0 aliphatic carbocycles. The second-order valence-corrected chi connectivity index (χ2v) is 7.54. The van der Waals surface area contributed by atoms with Gasteiger partial charge in [0.1, 0.15) is 10.2 Å². The van der Waals surface area contributed by atoms with Crippen molar-refractivity contribution in [3.63, 3.8) is 0 Å². The van der Waals surface area contributed by atoms with Crippen molar-refractivity contribution < 1.29 is 8.42 Å². The van der Waals surface area contributed by atoms with Crippen LogP contribution in [-0.4, -0.2) is 18.4 Å². The molecule has 9 heteroatoms. The number of aromatic amines is 1. The predicted molar refractivity (Wildman–Crippen MR) is 82.7 cm³/mol. The van der Waals surface area contributed by atoms with Gasteiger partial charge in [-0.2, -0.15) is 0 Å². The van der Waals surface area contributed by atoms with Gasteiger partial charge in [0.2, 0.25) is 5.43 Å². The normalized spacial score (nSPS) is 11.6. The zero-order chi connectivity index (χ0) is 15.6. The average molecular weight is 368 g/mol. The van der Waals surface area contributed by atoms with Crippen LogP contribution in [0.5, 0.6) is 0 Å². The fraction of sp³-hybridized carbons (Fsp3) is 0.167. The summed E-state index contributed by atoms with van der Waals surface area (Å²) in [6.45, 7) is 0. The standard InChI is InChI=1S/C12H9Cl3N2O3S/c13-9-1-7(2-17-12(9)15)5-21(19,20)6-8-3-16-4-10(14)11(8)18/h1-4H,5-6H2,(H,16,18). The van der Waals surface area contributed by atoms with Crippen molar-refractivity contribution in [1.82, 2.24) is 9.97 Å². The number of nitrogens with one attached hydrogen (secondary N) is 1. The average Bonchev–Trinajstić information content (AvgIpc) is 2.39. The van der Waals surface area contributed by atoms with Crippen molar-refractivity contribution in [2.24, 2.45) is 0 Å². The lowest BCUT2D eigenvalue weighted by Crippen LogP contribution is -2.16. The first kappa shape index (κ1) is 16.3. The molecule has 0 aliphatic heterocycles. The summed E-state index contributed by atoms with van der Waals surface area (Å²) in [5.41, 5.74) is -0.0374. The Bertz CT molecular complexity index is 834. The van der Waals surface area contributed by atoms with E-state index in [1.54, 1.807) is 0 Å². The molecule has 2 aromatic rings. The second kappa shape index (κ2) is 6.36. The topological polar surface area (TPSA) is 79.9 Å². The molecule has 0 unspecified atom stereocenters. The summed E-state index contributed by atoms with van der Waals surface area (Å²) >= 11 is 17.1. The number of hydrogen-bond donors (Lipinski definition) is 1. The molecule has 0 bridgehead atoms. The van der Waals surface area contributed by atoms with Crippen LogP contribution in [0, 0.1) is 0 Å². The maximum absolute atomic E-state index is 12.1. The largest absolute Gasteiger partial charge is 0.366 e. The van der Waals surface area contributed by atoms with Gasteiger partial charge in [0.05, 0.1) is 16.5 Å². The molecule has 0 atom stereocenters. The number of pyridine rings is 2. The minimum atomic E-state index is -3.58. The second-order valence-electron chi connectivity index (χ2n) is 4.31. The molecular weight excluding hydrogens is 359 g/mol. The zero-order valence-corrected chi connectivity index (χ0v) is 13.5. The maximum atomic E-state index is 12.1. The van der Waals surface area contributed by atoms with Gasteiger partial charge in [-0.15, -0.1) is 0 Å². The molecule has 2 heterocycles. The first-order valence-corrected chi connectivity index (χ1v) is 8.60. The van der Waals surface area contributed by atoms with E-state index >= 15 is 0 Å². The smallest absolute Gasteiger partial charge is 0.204 e. The summed E-state index contributed by atoms with van der Waals surface area (Å²) in [5.74, 6) is -0.730. The number of sulfone groups is 1. The van der Waals surface area contributed by atoms with E-state index in [-0.39, 0.29) is 26.5 Å². The van der Waals surface area contributed by atoms with Crippen LogP contribution in [-0.2, 0) is 21.3 Å². The van der Waals surface area contributed by atoms with Crippen LogP contribution in [0.3, 0.4) is 0 Å². The van der Waals surface area contributed by atoms with Crippen molar-refractivity contribution in [1.29, 1.82) is 0 Å². The van der Waals surface area contributed by atoms with Gasteiger partial charge in [0, 0.05) is 24.2 Å². The molecule has 5 nitrogen and oxygen atoms in total. The highest BCUT2D eigenvalue weighted by molar-refractivity contribution is 7.89. The fourth-order valence-corrected chi connectivity index (χ4v) is 3.62. The van der Waals surface area contributed by atoms with E-state index in [1.165, 1.54) is 24.7 Å². The van der Waals surface area contributed by atoms with E-state index in [0.717, 1.165) is 0 Å². The maximum Gasteiger partial charge on any atom is 0.204 e. The number of aromatic nitrogens is 2. The number of hydrogen-bond acceptors (Lipinski definition) is 4. The minimum Gasteiger partial charge on any atom is -0.366 e. The Morgan fingerprint density at radius 3 is 2.48 bits per heavy atom. The van der Waals surface area contributed by atoms with E-state index < -0.39 is 21.0 Å². The Hall–Kier alpha value is -1.08. The number of halogens is 3. The van der Waals surface area contributed by atoms with Crippen molar-refractivity contribution in [3.8, 4) is 0 Å². The molecule has 112 valence electrons. The molecule has 0 radical (unpaired) electrons. The Balaban J connectivity index is 2.24. The van der Waals surface area contributed by atoms with Crippen molar-refractivity contribution >= 4 is 44.6 Å². The van der Waals surface area contributed by atoms with Gasteiger partial charge in [-0.25, -0.2) is 13.4 Å². The van der Waals surface area contributed by atoms with E-state index in [2.05, 4.69) is 9.97 Å². The van der Waals surface area contributed by atoms with Gasteiger partial charge in [0.25, 0.3) is 0 Å². The van der Waals surface area contributed by atoms with E-state index in [4.69, 9.17) is 34.8 Å². The number of H-pyrrole nitrogens is 1. The third-order valence-electron chi connectivity index (χ3n) is 2.59. The molecule has 2 aromatic heterocycles. The Morgan fingerprint density at radius 1 is 1.10 bits per heavy atom. The summed E-state index contributed by atoms with van der Waals surface area (Å²) in [6, 6.07) is 1.43. The SMILES string of the molecule is O=c1c(Cl)c[nH]cc1CS(=O)(=O)Cc1cnc(Cl)c(Cl)c1. The van der Waals surface area contributed by atoms with Crippen LogP contribution >= 0.6 is 34.8 Å². The monoisotopic (exact) mass is 366 g/mol. The van der Waals surface area contributed by atoms with Gasteiger partial charge in [0.15, 0.2) is 9.84 Å². The van der Waals surface area contributed by atoms with Crippen molar-refractivity contribution in [2.45, 2.75) is 11.5 Å². The van der Waals surface area contributed by atoms with Gasteiger partial charge >= 0.3 is 0 Å². The molecule has 0 saturated carbocycles. The zero-order valence-electron chi connectivity index (χ0n) is 10.4. The third kappa shape index (κ3) is 4.20. The van der Waals surface area contributed by atoms with Gasteiger partial charge in [-0.3, -0.25) is 4.79 Å². The molecule has 21 heavy (non-hydrogen) atoms. The Morgan fingerprint density at radius 2 is 1.81 bits per heavy atom. The van der Waals surface area contributed by atoms with E-state index in [9.17, 15) is 13.2 Å². The van der Waals surface area contributed by atoms with Gasteiger partial charge < -0.3 is 4.98 Å². The number of rotatable bonds is 4. The molecule has 0 aliphatic rings. The fourth-order valence-electron chi connectivity index (χ4n) is 1.69. The highest BCUT2D eigenvalue weighted by Crippen LogP contribution is 2.21. The first-order valence-electron chi connectivity index (χ1n) is 5.64. The van der Waals surface area contributed by atoms with Gasteiger partial charge in [-0.1, -0.05) is 34.8 Å². The van der Waals surface area contributed by atoms with Crippen LogP contribution < -0.4 is 5.43 Å². The highest BCUT2D eigenvalue weighted by Gasteiger charge is 2.17. The lowest BCUT2D eigenvalue weighted by molar-refractivity contribution is 0.594. The molecular formula is C12H9Cl3N2O3S. The lowest BCUT2D eigenvalue weighted by Gasteiger charge is -2.05. The van der Waals surface area contributed by atoms with Crippen LogP contribution in [0.15, 0.2) is 29.5 Å². The summed E-state index contributed by atoms with van der Waals surface area (Å²) in [5, 5.41) is 0.216. The Labute approximate surface area is 135 Å². The molecule has 0 saturated heterocycles. The van der Waals surface area contributed by atoms with E-state index in [0.29, 0.717) is 5.56 Å². The molecule has 0 fully saturated rings. The summed E-state index contributed by atoms with van der Waals surface area (Å²) < 4.78 is 24.3. The first-order chi connectivity index (χ1) is 9.78. The molecule has 0 spiro atoms. The van der Waals surface area contributed by atoms with E-state index in [1.807, 2.05) is 0 Å². The molecule has 1 N–H and O–H groups in total. The third-order valence-corrected chi connectivity index (χ3v) is 5.08. The summed E-state index contributed by atoms with van der Waals surface area (Å²) in [7, 11) is -3.58.